The van der Waals surface area contributed by atoms with Gasteiger partial charge in [-0.3, -0.25) is 9.59 Å². The maximum atomic E-state index is 13.8. The molecule has 0 bridgehead atoms. The van der Waals surface area contributed by atoms with Crippen LogP contribution < -0.4 is 16.6 Å². The molecule has 3 N–H and O–H groups in total. The van der Waals surface area contributed by atoms with Gasteiger partial charge in [-0.2, -0.15) is 0 Å². The Labute approximate surface area is 221 Å². The number of nitrogens with two attached hydrogens (primary N) is 1. The predicted molar refractivity (Wildman–Crippen MR) is 146 cm³/mol. The van der Waals surface area contributed by atoms with Gasteiger partial charge in [0, 0.05) is 35.7 Å². The average Bonchev–Trinajstić information content (AvgIpc) is 3.26. The highest BCUT2D eigenvalue weighted by Crippen LogP contribution is 2.44. The molecule has 0 saturated carbocycles. The molecule has 0 aliphatic carbocycles. The molecular formula is C29H34N4O5. The number of ether oxygens (including phenoxy) is 2. The van der Waals surface area contributed by atoms with Gasteiger partial charge in [0.2, 0.25) is 5.60 Å². The van der Waals surface area contributed by atoms with Gasteiger partial charge in [0.25, 0.3) is 5.56 Å². The number of benzene rings is 1. The number of carbonyl (C=O) groups is 2. The number of unbranched alkanes of at least 4 members (excludes halogenated alkanes) is 4. The Morgan fingerprint density at radius 1 is 1.18 bits per heavy atom. The minimum Gasteiger partial charge on any atom is -0.457 e. The molecule has 38 heavy (non-hydrogen) atoms. The van der Waals surface area contributed by atoms with E-state index in [1.54, 1.807) is 17.6 Å². The monoisotopic (exact) mass is 518 g/mol. The van der Waals surface area contributed by atoms with Crippen molar-refractivity contribution in [3.63, 3.8) is 0 Å². The molecule has 9 heteroatoms. The molecule has 4 heterocycles. The van der Waals surface area contributed by atoms with Gasteiger partial charge in [-0.15, -0.1) is 0 Å². The van der Waals surface area contributed by atoms with E-state index in [0.717, 1.165) is 41.5 Å². The smallest absolute Gasteiger partial charge is 0.355 e. The molecule has 1 atom stereocenters. The molecule has 2 aromatic heterocycles. The first-order valence-electron chi connectivity index (χ1n) is 13.4. The summed E-state index contributed by atoms with van der Waals surface area (Å²) >= 11 is 0. The first-order valence-corrected chi connectivity index (χ1v) is 13.4. The Kier molecular flexibility index (Phi) is 6.86. The minimum atomic E-state index is -1.67. The maximum absolute atomic E-state index is 13.8. The number of hydrogen-bond donors (Lipinski definition) is 2. The van der Waals surface area contributed by atoms with Gasteiger partial charge in [0.1, 0.15) is 6.61 Å². The molecule has 0 spiro atoms. The van der Waals surface area contributed by atoms with E-state index >= 15 is 0 Å². The van der Waals surface area contributed by atoms with Crippen LogP contribution in [-0.4, -0.2) is 28.0 Å². The second-order valence-electron chi connectivity index (χ2n) is 10.1. The van der Waals surface area contributed by atoms with E-state index in [2.05, 4.69) is 12.2 Å². The van der Waals surface area contributed by atoms with Crippen molar-refractivity contribution in [3.8, 4) is 11.4 Å². The summed E-state index contributed by atoms with van der Waals surface area (Å²) in [6, 6.07) is 7.39. The van der Waals surface area contributed by atoms with Gasteiger partial charge in [-0.1, -0.05) is 45.6 Å². The van der Waals surface area contributed by atoms with Crippen molar-refractivity contribution >= 4 is 34.2 Å². The number of pyridine rings is 2. The van der Waals surface area contributed by atoms with E-state index < -0.39 is 17.5 Å². The number of nitrogen functional groups attached to an aromatic ring is 1. The van der Waals surface area contributed by atoms with E-state index in [1.165, 1.54) is 26.2 Å². The molecule has 5 rings (SSSR count). The minimum absolute atomic E-state index is 0.140. The summed E-state index contributed by atoms with van der Waals surface area (Å²) < 4.78 is 12.6. The third kappa shape index (κ3) is 4.10. The highest BCUT2D eigenvalue weighted by molar-refractivity contribution is 6.04. The molecule has 9 nitrogen and oxygen atoms in total. The Balaban J connectivity index is 1.65. The lowest BCUT2D eigenvalue weighted by Crippen LogP contribution is -2.47. The lowest BCUT2D eigenvalue weighted by atomic mass is 9.85. The zero-order chi connectivity index (χ0) is 27.0. The number of fused-ring (bicyclic) bond motifs is 5. The van der Waals surface area contributed by atoms with Gasteiger partial charge < -0.3 is 25.1 Å². The largest absolute Gasteiger partial charge is 0.457 e. The van der Waals surface area contributed by atoms with Crippen LogP contribution in [0.4, 0.5) is 11.4 Å². The normalized spacial score (nSPS) is 17.5. The maximum Gasteiger partial charge on any atom is 0.355 e. The van der Waals surface area contributed by atoms with E-state index in [0.29, 0.717) is 34.7 Å². The van der Waals surface area contributed by atoms with Crippen molar-refractivity contribution in [2.24, 2.45) is 0 Å². The number of nitrogens with one attached hydrogen (secondary N) is 1. The number of rotatable bonds is 9. The van der Waals surface area contributed by atoms with Gasteiger partial charge in [0.05, 0.1) is 34.7 Å². The van der Waals surface area contributed by atoms with Crippen LogP contribution in [0.15, 0.2) is 29.1 Å². The number of cyclic esters (lactones) is 1. The number of esters is 2. The van der Waals surface area contributed by atoms with Crippen molar-refractivity contribution in [2.75, 3.05) is 17.6 Å². The topological polar surface area (TPSA) is 126 Å². The zero-order valence-corrected chi connectivity index (χ0v) is 22.2. The van der Waals surface area contributed by atoms with Crippen molar-refractivity contribution in [1.82, 2.24) is 9.55 Å². The Bertz CT molecular complexity index is 1490. The summed E-state index contributed by atoms with van der Waals surface area (Å²) in [6.45, 7) is 6.09. The molecule has 0 saturated heterocycles. The summed E-state index contributed by atoms with van der Waals surface area (Å²) in [5, 5.41) is 4.45. The number of carbonyl (C=O) groups excluding carboxylic acids is 2. The summed E-state index contributed by atoms with van der Waals surface area (Å²) in [5.74, 6) is -1.29. The van der Waals surface area contributed by atoms with Crippen molar-refractivity contribution in [1.29, 1.82) is 0 Å². The lowest BCUT2D eigenvalue weighted by molar-refractivity contribution is -0.188. The van der Waals surface area contributed by atoms with Crippen molar-refractivity contribution in [3.05, 3.63) is 51.3 Å². The van der Waals surface area contributed by atoms with Gasteiger partial charge in [0.15, 0.2) is 0 Å². The van der Waals surface area contributed by atoms with Gasteiger partial charge in [-0.25, -0.2) is 9.78 Å². The van der Waals surface area contributed by atoms with E-state index in [9.17, 15) is 14.4 Å². The van der Waals surface area contributed by atoms with Crippen molar-refractivity contribution < 1.29 is 19.1 Å². The number of anilines is 2. The Hall–Kier alpha value is -3.88. The van der Waals surface area contributed by atoms with Crippen LogP contribution in [0.5, 0.6) is 0 Å². The van der Waals surface area contributed by atoms with Crippen LogP contribution in [0.3, 0.4) is 0 Å². The molecule has 0 radical (unpaired) electrons. The average molecular weight is 519 g/mol. The van der Waals surface area contributed by atoms with Crippen LogP contribution in [0.1, 0.15) is 76.0 Å². The first-order chi connectivity index (χ1) is 18.3. The summed E-state index contributed by atoms with van der Waals surface area (Å²) in [6.07, 6.45) is 5.91. The van der Waals surface area contributed by atoms with Crippen LogP contribution >= 0.6 is 0 Å². The number of nitrogens with zero attached hydrogens (tertiary/aromatic N) is 2. The van der Waals surface area contributed by atoms with Gasteiger partial charge in [-0.05, 0) is 31.0 Å². The summed E-state index contributed by atoms with van der Waals surface area (Å²) in [7, 11) is 0. The predicted octanol–water partition coefficient (Wildman–Crippen LogP) is 4.61. The quantitative estimate of drug-likeness (QED) is 0.187. The fourth-order valence-corrected chi connectivity index (χ4v) is 5.70. The summed E-state index contributed by atoms with van der Waals surface area (Å²) in [5.41, 5.74) is 9.50. The second-order valence-corrected chi connectivity index (χ2v) is 10.1. The first kappa shape index (κ1) is 25.8. The van der Waals surface area contributed by atoms with Crippen LogP contribution in [0, 0.1) is 0 Å². The molecule has 200 valence electrons. The Morgan fingerprint density at radius 3 is 2.71 bits per heavy atom. The van der Waals surface area contributed by atoms with E-state index in [1.807, 2.05) is 18.2 Å². The third-order valence-electron chi connectivity index (χ3n) is 7.61. The van der Waals surface area contributed by atoms with Crippen LogP contribution in [0.25, 0.3) is 22.3 Å². The highest BCUT2D eigenvalue weighted by Gasteiger charge is 2.50. The molecule has 0 amide bonds. The van der Waals surface area contributed by atoms with Gasteiger partial charge >= 0.3 is 11.9 Å². The zero-order valence-electron chi connectivity index (χ0n) is 22.2. The molecule has 2 aliphatic rings. The van der Waals surface area contributed by atoms with E-state index in [-0.39, 0.29) is 18.6 Å². The molecule has 1 aromatic carbocycles. The molecule has 0 unspecified atom stereocenters. The molecule has 3 aromatic rings. The standard InChI is InChI=1S/C29H34N4O5/c1-4-6-7-8-9-13-31-26-18-15-33-23(25(18)32-22-12-10-11-21(30)24(22)26)14-20-19(27(33)35)16-37-28(36)29(20,5-2)38-17(3)34/h10-12,14H,4-9,13,15-16,30H2,1-3H3,(H,31,32)/t29-/m0/s1. The molecule has 0 fully saturated rings. The highest BCUT2D eigenvalue weighted by atomic mass is 16.6. The molecule has 2 aliphatic heterocycles. The number of aromatic nitrogens is 2. The van der Waals surface area contributed by atoms with Crippen molar-refractivity contribution in [2.45, 2.75) is 78.0 Å². The third-order valence-corrected chi connectivity index (χ3v) is 7.61. The van der Waals surface area contributed by atoms with Crippen LogP contribution in [-0.2, 0) is 37.8 Å². The SMILES string of the molecule is CCCCCCCNc1c2c(nc3cccc(N)c13)-c1cc3c(c(=O)n1C2)COC(=O)[C@@]3(CC)OC(C)=O. The summed E-state index contributed by atoms with van der Waals surface area (Å²) in [4.78, 5) is 43.6. The second kappa shape index (κ2) is 10.1. The van der Waals surface area contributed by atoms with Crippen LogP contribution in [0.2, 0.25) is 0 Å². The fraction of sp³-hybridized carbons (Fsp3) is 0.448. The Morgan fingerprint density at radius 2 is 1.97 bits per heavy atom. The lowest BCUT2D eigenvalue weighted by Gasteiger charge is -2.35. The molecular weight excluding hydrogens is 484 g/mol. The number of hydrogen-bond acceptors (Lipinski definition) is 8. The fourth-order valence-electron chi connectivity index (χ4n) is 5.70. The van der Waals surface area contributed by atoms with E-state index in [4.69, 9.17) is 20.2 Å².